The lowest BCUT2D eigenvalue weighted by Crippen LogP contribution is -2.43. The monoisotopic (exact) mass is 1250 g/mol. The van der Waals surface area contributed by atoms with Crippen molar-refractivity contribution in [3.05, 3.63) is 260 Å². The first-order chi connectivity index (χ1) is 44.5. The molecule has 0 atom stereocenters. The van der Waals surface area contributed by atoms with E-state index in [4.69, 9.17) is 0 Å². The average molecular weight is 1250 g/mol. The number of aromatic nitrogens is 2. The molecule has 92 heavy (non-hydrogen) atoms. The molecule has 0 N–H and O–H groups in total. The van der Waals surface area contributed by atoms with Gasteiger partial charge in [-0.3, -0.25) is 0 Å². The summed E-state index contributed by atoms with van der Waals surface area (Å²) in [5.74, 6) is 7.94. The SMILES string of the molecule is CC(C)[Si](C#Cc1c2cc3ccccc3cc2c(C#C[Si](C(C)C)(C(C)C)C(C)C)c2cc3ccccc3cc12)(C(C)C)C(C)C.O=P(c1ccccc1)(c1ccc(-n2c3ccccc3c3ccccc32)cc1)c1ccc(-n2c3ccccc3c3ccccc32)cc1. The third kappa shape index (κ3) is 10.4. The summed E-state index contributed by atoms with van der Waals surface area (Å²) >= 11 is 0. The van der Waals surface area contributed by atoms with Crippen LogP contribution in [0.4, 0.5) is 0 Å². The summed E-state index contributed by atoms with van der Waals surface area (Å²) in [7, 11) is -7.12. The van der Waals surface area contributed by atoms with E-state index in [1.807, 2.05) is 54.6 Å². The van der Waals surface area contributed by atoms with Crippen LogP contribution in [0.1, 0.15) is 94.2 Å². The summed E-state index contributed by atoms with van der Waals surface area (Å²) in [6, 6.07) is 87.7. The standard InChI is InChI=1S/C44H54Si2.C42H29N2OP/c1-29(2)45(30(3)4,31(5)6)23-21-39-41-25-35-17-13-15-19-37(35)27-43(41)40(22-24-46(32(7)8,33(9)10)34(11)12)44-28-38-20-16-14-18-36(38)26-42(39)44;45-46(32-12-2-1-3-13-32,33-26-22-30(23-27-33)43-39-18-8-4-14-35(39)36-15-5-9-19-40(36)43)34-28-24-31(25-29-34)44-41-20-10-6-16-37(41)38-17-7-11-21-42(38)44/h13-20,25-34H,1-12H3;1-29H. The van der Waals surface area contributed by atoms with Crippen LogP contribution in [0.5, 0.6) is 0 Å². The van der Waals surface area contributed by atoms with Crippen LogP contribution in [0, 0.1) is 22.9 Å². The summed E-state index contributed by atoms with van der Waals surface area (Å²) in [6.45, 7) is 28.9. The Bertz CT molecular complexity index is 4740. The first kappa shape index (κ1) is 61.9. The van der Waals surface area contributed by atoms with Crippen molar-refractivity contribution in [3.8, 4) is 34.3 Å². The highest BCUT2D eigenvalue weighted by molar-refractivity contribution is 7.85. The summed E-state index contributed by atoms with van der Waals surface area (Å²) in [6.07, 6.45) is 0. The molecule has 0 unspecified atom stereocenters. The molecular weight excluding hydrogens is 1160 g/mol. The van der Waals surface area contributed by atoms with E-state index in [0.29, 0.717) is 33.2 Å². The Morgan fingerprint density at radius 3 is 0.793 bits per heavy atom. The van der Waals surface area contributed by atoms with Crippen LogP contribution in [0.25, 0.3) is 98.1 Å². The smallest absolute Gasteiger partial charge is 0.171 e. The Balaban J connectivity index is 0.000000168. The molecule has 0 amide bonds. The first-order valence-corrected chi connectivity index (χ1v) is 39.4. The van der Waals surface area contributed by atoms with Gasteiger partial charge in [-0.2, -0.15) is 0 Å². The zero-order valence-electron chi connectivity index (χ0n) is 55.4. The highest BCUT2D eigenvalue weighted by atomic mass is 31.2. The van der Waals surface area contributed by atoms with E-state index >= 15 is 4.57 Å². The van der Waals surface area contributed by atoms with Gasteiger partial charge in [0.05, 0.1) is 22.1 Å². The second kappa shape index (κ2) is 24.9. The Morgan fingerprint density at radius 2 is 0.522 bits per heavy atom. The summed E-state index contributed by atoms with van der Waals surface area (Å²) in [5, 5.41) is 17.3. The lowest BCUT2D eigenvalue weighted by molar-refractivity contribution is 0.592. The van der Waals surface area contributed by atoms with E-state index < -0.39 is 23.3 Å². The number of rotatable bonds is 11. The summed E-state index contributed by atoms with van der Waals surface area (Å²) < 4.78 is 20.0. The van der Waals surface area contributed by atoms with Crippen molar-refractivity contribution in [2.45, 2.75) is 116 Å². The molecule has 14 rings (SSSR count). The van der Waals surface area contributed by atoms with Crippen LogP contribution in [0.15, 0.2) is 249 Å². The number of hydrogen-bond acceptors (Lipinski definition) is 1. The van der Waals surface area contributed by atoms with Crippen molar-refractivity contribution in [2.75, 3.05) is 0 Å². The van der Waals surface area contributed by atoms with Crippen molar-refractivity contribution in [2.24, 2.45) is 0 Å². The summed E-state index contributed by atoms with van der Waals surface area (Å²) in [4.78, 5) is 0. The molecule has 6 heteroatoms. The van der Waals surface area contributed by atoms with E-state index in [9.17, 15) is 0 Å². The van der Waals surface area contributed by atoms with Crippen molar-refractivity contribution in [3.63, 3.8) is 0 Å². The van der Waals surface area contributed by atoms with Crippen molar-refractivity contribution in [1.82, 2.24) is 9.13 Å². The number of para-hydroxylation sites is 4. The molecule has 3 nitrogen and oxygen atoms in total. The molecule has 456 valence electrons. The predicted octanol–water partition coefficient (Wildman–Crippen LogP) is 23.0. The Morgan fingerprint density at radius 1 is 0.283 bits per heavy atom. The van der Waals surface area contributed by atoms with Gasteiger partial charge in [0.1, 0.15) is 16.1 Å². The van der Waals surface area contributed by atoms with Crippen LogP contribution in [-0.4, -0.2) is 25.3 Å². The Labute approximate surface area is 546 Å². The molecule has 0 saturated carbocycles. The highest BCUT2D eigenvalue weighted by Gasteiger charge is 2.43. The van der Waals surface area contributed by atoms with Crippen LogP contribution >= 0.6 is 7.14 Å². The van der Waals surface area contributed by atoms with E-state index in [0.717, 1.165) is 49.4 Å². The minimum absolute atomic E-state index is 0.575. The zero-order valence-corrected chi connectivity index (χ0v) is 58.3. The van der Waals surface area contributed by atoms with Crippen LogP contribution in [-0.2, 0) is 4.57 Å². The van der Waals surface area contributed by atoms with Gasteiger partial charge in [-0.15, -0.1) is 11.1 Å². The van der Waals surface area contributed by atoms with Gasteiger partial charge >= 0.3 is 0 Å². The van der Waals surface area contributed by atoms with Gasteiger partial charge in [0.2, 0.25) is 0 Å². The summed E-state index contributed by atoms with van der Waals surface area (Å²) in [5.41, 5.74) is 20.7. The average Bonchev–Trinajstić information content (AvgIpc) is 1.07. The Kier molecular flexibility index (Phi) is 16.8. The molecule has 12 aromatic carbocycles. The van der Waals surface area contributed by atoms with Crippen molar-refractivity contribution >= 4 is 126 Å². The number of benzene rings is 12. The van der Waals surface area contributed by atoms with Gasteiger partial charge in [-0.05, 0) is 173 Å². The minimum atomic E-state index is -3.18. The molecule has 0 bridgehead atoms. The second-order valence-corrected chi connectivity index (χ2v) is 41.2. The third-order valence-corrected chi connectivity index (χ3v) is 36.3. The molecule has 0 aliphatic heterocycles. The van der Waals surface area contributed by atoms with E-state index in [1.165, 1.54) is 75.8 Å². The molecule has 0 aliphatic carbocycles. The van der Waals surface area contributed by atoms with Crippen molar-refractivity contribution in [1.29, 1.82) is 0 Å². The van der Waals surface area contributed by atoms with Crippen LogP contribution in [0.3, 0.4) is 0 Å². The maximum absolute atomic E-state index is 15.4. The minimum Gasteiger partial charge on any atom is -0.309 e. The molecule has 2 heterocycles. The van der Waals surface area contributed by atoms with E-state index in [1.54, 1.807) is 0 Å². The highest BCUT2D eigenvalue weighted by Crippen LogP contribution is 2.46. The molecule has 0 fully saturated rings. The predicted molar refractivity (Wildman–Crippen MR) is 407 cm³/mol. The maximum Gasteiger partial charge on any atom is 0.171 e. The van der Waals surface area contributed by atoms with Gasteiger partial charge in [-0.25, -0.2) is 0 Å². The molecule has 0 spiro atoms. The van der Waals surface area contributed by atoms with Crippen LogP contribution < -0.4 is 15.9 Å². The maximum atomic E-state index is 15.4. The quantitative estimate of drug-likeness (QED) is 0.0549. The first-order valence-electron chi connectivity index (χ1n) is 33.2. The lowest BCUT2D eigenvalue weighted by atomic mass is 9.89. The van der Waals surface area contributed by atoms with Gasteiger partial charge in [0.15, 0.2) is 7.14 Å². The number of hydrogen-bond donors (Lipinski definition) is 0. The molecular formula is C86H83N2OPSi2. The van der Waals surface area contributed by atoms with Gasteiger partial charge in [0, 0.05) is 60.0 Å². The fraction of sp³-hybridized carbons (Fsp3) is 0.209. The second-order valence-electron chi connectivity index (χ2n) is 27.3. The third-order valence-electron chi connectivity index (χ3n) is 20.6. The topological polar surface area (TPSA) is 26.9 Å². The van der Waals surface area contributed by atoms with Gasteiger partial charge in [0.25, 0.3) is 0 Å². The van der Waals surface area contributed by atoms with Crippen molar-refractivity contribution < 1.29 is 4.57 Å². The zero-order chi connectivity index (χ0) is 64.2. The number of fused-ring (bicyclic) bond motifs is 10. The largest absolute Gasteiger partial charge is 0.309 e. The van der Waals surface area contributed by atoms with Gasteiger partial charge < -0.3 is 13.7 Å². The molecule has 14 aromatic rings. The van der Waals surface area contributed by atoms with E-state index in [2.05, 4.69) is 309 Å². The fourth-order valence-electron chi connectivity index (χ4n) is 16.2. The molecule has 0 radical (unpaired) electrons. The normalized spacial score (nSPS) is 12.4. The molecule has 0 saturated heterocycles. The molecule has 2 aromatic heterocycles. The van der Waals surface area contributed by atoms with Gasteiger partial charge in [-0.1, -0.05) is 247 Å². The van der Waals surface area contributed by atoms with Crippen LogP contribution in [0.2, 0.25) is 33.2 Å². The Hall–Kier alpha value is -8.94. The molecule has 0 aliphatic rings. The number of nitrogens with zero attached hydrogens (tertiary/aromatic N) is 2. The van der Waals surface area contributed by atoms with E-state index in [-0.39, 0.29) is 0 Å². The fourth-order valence-corrected chi connectivity index (χ4v) is 29.2. The lowest BCUT2D eigenvalue weighted by Gasteiger charge is -2.38.